The molecule has 2 heterocycles. The molecule has 3 N–H and O–H groups in total. The molecule has 7 heteroatoms. The molecule has 0 saturated carbocycles. The lowest BCUT2D eigenvalue weighted by Gasteiger charge is -2.46. The molecule has 0 aliphatic carbocycles. The van der Waals surface area contributed by atoms with Crippen LogP contribution < -0.4 is 11.1 Å². The van der Waals surface area contributed by atoms with Crippen LogP contribution in [0.4, 0.5) is 15.9 Å². The first kappa shape index (κ1) is 17.8. The Balaban J connectivity index is 2.10. The predicted molar refractivity (Wildman–Crippen MR) is 99.4 cm³/mol. The number of guanidine groups is 1. The van der Waals surface area contributed by atoms with Gasteiger partial charge in [0.25, 0.3) is 0 Å². The number of pyridine rings is 1. The molecule has 0 spiro atoms. The Morgan fingerprint density at radius 2 is 1.92 bits per heavy atom. The number of aromatic nitrogens is 1. The summed E-state index contributed by atoms with van der Waals surface area (Å²) in [5.74, 6) is 0.0484. The molecule has 0 bridgehead atoms. The quantitative estimate of drug-likeness (QED) is 0.886. The summed E-state index contributed by atoms with van der Waals surface area (Å²) in [6.07, 6.45) is 1.66. The van der Waals surface area contributed by atoms with Crippen LogP contribution in [0.15, 0.2) is 47.6 Å². The highest BCUT2D eigenvalue weighted by Crippen LogP contribution is 2.47. The summed E-state index contributed by atoms with van der Waals surface area (Å²) in [6, 6.07) is 10.1. The first-order chi connectivity index (χ1) is 12.2. The van der Waals surface area contributed by atoms with Crippen LogP contribution >= 0.6 is 0 Å². The third-order valence-corrected chi connectivity index (χ3v) is 5.17. The average molecular weight is 355 g/mol. The second-order valence-electron chi connectivity index (χ2n) is 7.07. The topological polar surface area (TPSA) is 83.6 Å². The number of rotatable bonds is 3. The number of anilines is 2. The monoisotopic (exact) mass is 355 g/mol. The summed E-state index contributed by atoms with van der Waals surface area (Å²) in [7, 11) is 1.57. The minimum Gasteiger partial charge on any atom is -0.369 e. The first-order valence-corrected chi connectivity index (χ1v) is 8.28. The Hall–Kier alpha value is -2.96. The van der Waals surface area contributed by atoms with Gasteiger partial charge >= 0.3 is 0 Å². The summed E-state index contributed by atoms with van der Waals surface area (Å²) in [5, 5.41) is 3.13. The second kappa shape index (κ2) is 6.09. The zero-order chi connectivity index (χ0) is 19.1. The van der Waals surface area contributed by atoms with Gasteiger partial charge in [0.05, 0.1) is 5.41 Å². The number of aliphatic imine (C=N–C) groups is 1. The maximum Gasteiger partial charge on any atom is 0.237 e. The summed E-state index contributed by atoms with van der Waals surface area (Å²) < 4.78 is 14.8. The molecule has 2 aromatic rings. The van der Waals surface area contributed by atoms with Crippen molar-refractivity contribution >= 4 is 23.4 Å². The molecule has 1 aromatic carbocycles. The van der Waals surface area contributed by atoms with E-state index in [2.05, 4.69) is 15.3 Å². The van der Waals surface area contributed by atoms with Crippen molar-refractivity contribution in [2.45, 2.75) is 26.3 Å². The van der Waals surface area contributed by atoms with E-state index in [1.54, 1.807) is 46.1 Å². The number of halogens is 1. The molecule has 1 aliphatic rings. The van der Waals surface area contributed by atoms with E-state index in [4.69, 9.17) is 5.73 Å². The molecule has 1 aliphatic heterocycles. The van der Waals surface area contributed by atoms with Gasteiger partial charge in [0, 0.05) is 24.5 Å². The van der Waals surface area contributed by atoms with Crippen molar-refractivity contribution in [1.82, 2.24) is 9.88 Å². The maximum atomic E-state index is 14.8. The smallest absolute Gasteiger partial charge is 0.237 e. The zero-order valence-corrected chi connectivity index (χ0v) is 15.2. The van der Waals surface area contributed by atoms with Crippen molar-refractivity contribution in [3.8, 4) is 0 Å². The summed E-state index contributed by atoms with van der Waals surface area (Å²) >= 11 is 0. The number of benzene rings is 1. The van der Waals surface area contributed by atoms with Gasteiger partial charge in [-0.3, -0.25) is 9.69 Å². The zero-order valence-electron chi connectivity index (χ0n) is 15.2. The number of nitrogens with one attached hydrogen (secondary N) is 1. The van der Waals surface area contributed by atoms with E-state index in [0.717, 1.165) is 0 Å². The van der Waals surface area contributed by atoms with Crippen molar-refractivity contribution < 1.29 is 9.18 Å². The fourth-order valence-corrected chi connectivity index (χ4v) is 3.13. The molecule has 6 nitrogen and oxygen atoms in total. The highest BCUT2D eigenvalue weighted by molar-refractivity contribution is 6.01. The highest BCUT2D eigenvalue weighted by atomic mass is 19.1. The van der Waals surface area contributed by atoms with E-state index in [-0.39, 0.29) is 11.9 Å². The van der Waals surface area contributed by atoms with Crippen LogP contribution in [0, 0.1) is 11.2 Å². The van der Waals surface area contributed by atoms with Crippen LogP contribution in [0.1, 0.15) is 26.3 Å². The van der Waals surface area contributed by atoms with Gasteiger partial charge in [0.2, 0.25) is 5.91 Å². The van der Waals surface area contributed by atoms with E-state index >= 15 is 0 Å². The van der Waals surface area contributed by atoms with Crippen molar-refractivity contribution in [2.75, 3.05) is 12.4 Å². The van der Waals surface area contributed by atoms with E-state index in [9.17, 15) is 9.18 Å². The van der Waals surface area contributed by atoms with Crippen LogP contribution in [0.2, 0.25) is 0 Å². The summed E-state index contributed by atoms with van der Waals surface area (Å²) in [5.41, 5.74) is 4.75. The number of hydrogen-bond donors (Lipinski definition) is 2. The van der Waals surface area contributed by atoms with Gasteiger partial charge in [-0.25, -0.2) is 14.4 Å². The predicted octanol–water partition coefficient (Wildman–Crippen LogP) is 2.99. The third kappa shape index (κ3) is 2.69. The minimum atomic E-state index is -1.15. The Labute approximate surface area is 151 Å². The van der Waals surface area contributed by atoms with Crippen molar-refractivity contribution in [3.63, 3.8) is 0 Å². The Morgan fingerprint density at radius 3 is 2.58 bits per heavy atom. The van der Waals surface area contributed by atoms with Gasteiger partial charge in [-0.05, 0) is 51.1 Å². The third-order valence-electron chi connectivity index (χ3n) is 5.17. The molecule has 1 aromatic heterocycles. The molecular formula is C19H22FN5O. The number of nitrogens with zero attached hydrogens (tertiary/aromatic N) is 3. The van der Waals surface area contributed by atoms with E-state index in [0.29, 0.717) is 17.1 Å². The lowest BCUT2D eigenvalue weighted by molar-refractivity contribution is -0.140. The van der Waals surface area contributed by atoms with Gasteiger partial charge in [-0.15, -0.1) is 0 Å². The molecule has 0 radical (unpaired) electrons. The van der Waals surface area contributed by atoms with Crippen LogP contribution in [0.25, 0.3) is 0 Å². The van der Waals surface area contributed by atoms with Crippen molar-refractivity contribution in [3.05, 3.63) is 54.0 Å². The van der Waals surface area contributed by atoms with E-state index in [1.807, 2.05) is 18.2 Å². The summed E-state index contributed by atoms with van der Waals surface area (Å²) in [4.78, 5) is 22.8. The second-order valence-corrected chi connectivity index (χ2v) is 7.07. The Kier molecular flexibility index (Phi) is 4.18. The minimum absolute atomic E-state index is 0.0688. The SMILES string of the molecule is CN1C(=O)C(C)(C)C(C)(c2cc(Nc3ccccn3)ccc2F)N=C1N. The molecule has 0 saturated heterocycles. The van der Waals surface area contributed by atoms with E-state index < -0.39 is 16.8 Å². The molecule has 3 rings (SSSR count). The van der Waals surface area contributed by atoms with Gasteiger partial charge in [0.15, 0.2) is 5.96 Å². The Morgan fingerprint density at radius 1 is 1.19 bits per heavy atom. The first-order valence-electron chi connectivity index (χ1n) is 8.28. The number of carbonyl (C=O) groups excluding carboxylic acids is 1. The molecule has 0 fully saturated rings. The summed E-state index contributed by atoms with van der Waals surface area (Å²) in [6.45, 7) is 5.23. The fourth-order valence-electron chi connectivity index (χ4n) is 3.13. The van der Waals surface area contributed by atoms with E-state index in [1.165, 1.54) is 11.0 Å². The van der Waals surface area contributed by atoms with Crippen molar-refractivity contribution in [1.29, 1.82) is 0 Å². The molecular weight excluding hydrogens is 333 g/mol. The highest BCUT2D eigenvalue weighted by Gasteiger charge is 2.53. The fraction of sp³-hybridized carbons (Fsp3) is 0.316. The van der Waals surface area contributed by atoms with Gasteiger partial charge in [0.1, 0.15) is 17.2 Å². The molecule has 26 heavy (non-hydrogen) atoms. The van der Waals surface area contributed by atoms with Gasteiger partial charge in [-0.2, -0.15) is 0 Å². The van der Waals surface area contributed by atoms with Crippen LogP contribution in [-0.2, 0) is 10.3 Å². The average Bonchev–Trinajstić information content (AvgIpc) is 2.61. The lowest BCUT2D eigenvalue weighted by atomic mass is 9.67. The van der Waals surface area contributed by atoms with Gasteiger partial charge < -0.3 is 11.1 Å². The largest absolute Gasteiger partial charge is 0.369 e. The Bertz CT molecular complexity index is 881. The van der Waals surface area contributed by atoms with Crippen LogP contribution in [0.5, 0.6) is 0 Å². The lowest BCUT2D eigenvalue weighted by Crippen LogP contribution is -2.58. The van der Waals surface area contributed by atoms with Crippen LogP contribution in [0.3, 0.4) is 0 Å². The molecule has 1 unspecified atom stereocenters. The van der Waals surface area contributed by atoms with Crippen LogP contribution in [-0.4, -0.2) is 28.8 Å². The molecule has 1 amide bonds. The standard InChI is InChI=1S/C19H22FN5O/c1-18(2)16(26)25(4)17(21)24-19(18,3)13-11-12(8-9-14(13)20)23-15-7-5-6-10-22-15/h5-11H,1-4H3,(H2,21,24)(H,22,23). The van der Waals surface area contributed by atoms with Crippen molar-refractivity contribution in [2.24, 2.45) is 16.1 Å². The molecule has 136 valence electrons. The number of carbonyl (C=O) groups is 1. The number of amides is 1. The van der Waals surface area contributed by atoms with Gasteiger partial charge in [-0.1, -0.05) is 6.07 Å². The number of hydrogen-bond acceptors (Lipinski definition) is 5. The normalized spacial score (nSPS) is 22.1. The maximum absolute atomic E-state index is 14.8. The number of nitrogens with two attached hydrogens (primary N) is 1. The molecule has 1 atom stereocenters.